The monoisotopic (exact) mass is 331 g/mol. The van der Waals surface area contributed by atoms with Gasteiger partial charge in [-0.15, -0.1) is 0 Å². The van der Waals surface area contributed by atoms with E-state index in [4.69, 9.17) is 11.6 Å². The Bertz CT molecular complexity index is 688. The van der Waals surface area contributed by atoms with Gasteiger partial charge in [-0.1, -0.05) is 31.0 Å². The lowest BCUT2D eigenvalue weighted by atomic mass is 10.2. The number of nitrogens with one attached hydrogen (secondary N) is 1. The number of benzene rings is 1. The van der Waals surface area contributed by atoms with Crippen molar-refractivity contribution in [1.29, 1.82) is 0 Å². The molecule has 0 fully saturated rings. The smallest absolute Gasteiger partial charge is 0.255 e. The van der Waals surface area contributed by atoms with Crippen LogP contribution in [0.25, 0.3) is 0 Å². The summed E-state index contributed by atoms with van der Waals surface area (Å²) in [6.07, 6.45) is 5.35. The lowest BCUT2D eigenvalue weighted by Gasteiger charge is -2.17. The van der Waals surface area contributed by atoms with Gasteiger partial charge in [0.15, 0.2) is 0 Å². The van der Waals surface area contributed by atoms with E-state index in [9.17, 15) is 4.79 Å². The first kappa shape index (κ1) is 17.3. The molecule has 5 heteroatoms. The maximum absolute atomic E-state index is 12.4. The van der Waals surface area contributed by atoms with Crippen LogP contribution in [0.15, 0.2) is 36.7 Å². The molecule has 0 aliphatic heterocycles. The van der Waals surface area contributed by atoms with Gasteiger partial charge in [-0.2, -0.15) is 0 Å². The van der Waals surface area contributed by atoms with Crippen LogP contribution in [-0.4, -0.2) is 29.4 Å². The van der Waals surface area contributed by atoms with Gasteiger partial charge in [-0.25, -0.2) is 0 Å². The van der Waals surface area contributed by atoms with Gasteiger partial charge in [0.05, 0.1) is 17.4 Å². The molecule has 1 aromatic heterocycles. The number of carbonyl (C=O) groups excluding carboxylic acids is 1. The van der Waals surface area contributed by atoms with E-state index >= 15 is 0 Å². The number of nitrogens with zero attached hydrogens (tertiary/aromatic N) is 2. The molecule has 0 radical (unpaired) electrons. The molecule has 0 spiro atoms. The van der Waals surface area contributed by atoms with E-state index in [0.29, 0.717) is 10.6 Å². The van der Waals surface area contributed by atoms with E-state index in [1.165, 1.54) is 0 Å². The third-order valence-electron chi connectivity index (χ3n) is 3.66. The summed E-state index contributed by atoms with van der Waals surface area (Å²) >= 11 is 6.04. The molecule has 2 aromatic rings. The van der Waals surface area contributed by atoms with Crippen LogP contribution in [0.2, 0.25) is 5.02 Å². The Balaban J connectivity index is 2.16. The number of carbonyl (C=O) groups is 1. The molecule has 1 amide bonds. The summed E-state index contributed by atoms with van der Waals surface area (Å²) in [5.74, 6) is -0.0163. The van der Waals surface area contributed by atoms with Gasteiger partial charge < -0.3 is 10.2 Å². The Hall–Kier alpha value is -2.07. The summed E-state index contributed by atoms with van der Waals surface area (Å²) < 4.78 is 0. The zero-order chi connectivity index (χ0) is 16.8. The van der Waals surface area contributed by atoms with Crippen molar-refractivity contribution >= 4 is 28.9 Å². The van der Waals surface area contributed by atoms with E-state index in [-0.39, 0.29) is 5.91 Å². The summed E-state index contributed by atoms with van der Waals surface area (Å²) in [6.45, 7) is 4.86. The zero-order valence-corrected chi connectivity index (χ0v) is 14.5. The number of hydrogen-bond donors (Lipinski definition) is 1. The van der Waals surface area contributed by atoms with Crippen LogP contribution < -0.4 is 5.32 Å². The molecular formula is C18H22ClN3O. The SMILES string of the molecule is CCCCN(C)C(=O)c1cncc(Nc2cc(Cl)ccc2C)c1. The number of aryl methyl sites for hydroxylation is 1. The summed E-state index contributed by atoms with van der Waals surface area (Å²) in [5.41, 5.74) is 3.33. The average Bonchev–Trinajstić information content (AvgIpc) is 2.55. The van der Waals surface area contributed by atoms with E-state index in [1.54, 1.807) is 17.3 Å². The zero-order valence-electron chi connectivity index (χ0n) is 13.8. The molecule has 0 bridgehead atoms. The average molecular weight is 332 g/mol. The van der Waals surface area contributed by atoms with Crippen molar-refractivity contribution in [3.8, 4) is 0 Å². The van der Waals surface area contributed by atoms with Crippen LogP contribution in [0.3, 0.4) is 0 Å². The third kappa shape index (κ3) is 4.70. The molecule has 0 aliphatic rings. The van der Waals surface area contributed by atoms with Crippen molar-refractivity contribution in [2.75, 3.05) is 18.9 Å². The molecular weight excluding hydrogens is 310 g/mol. The molecule has 4 nitrogen and oxygen atoms in total. The minimum atomic E-state index is -0.0163. The molecule has 0 aliphatic carbocycles. The number of pyridine rings is 1. The van der Waals surface area contributed by atoms with Gasteiger partial charge in [0.25, 0.3) is 5.91 Å². The molecule has 1 N–H and O–H groups in total. The van der Waals surface area contributed by atoms with Crippen LogP contribution in [-0.2, 0) is 0 Å². The van der Waals surface area contributed by atoms with E-state index in [0.717, 1.165) is 36.3 Å². The van der Waals surface area contributed by atoms with Crippen LogP contribution in [0, 0.1) is 6.92 Å². The number of anilines is 2. The first-order valence-corrected chi connectivity index (χ1v) is 8.12. The lowest BCUT2D eigenvalue weighted by Crippen LogP contribution is -2.27. The third-order valence-corrected chi connectivity index (χ3v) is 3.89. The molecule has 1 aromatic carbocycles. The normalized spacial score (nSPS) is 10.4. The summed E-state index contributed by atoms with van der Waals surface area (Å²) in [5, 5.41) is 3.94. The highest BCUT2D eigenvalue weighted by atomic mass is 35.5. The number of amides is 1. The van der Waals surface area contributed by atoms with Gasteiger partial charge in [-0.05, 0) is 37.1 Å². The number of halogens is 1. The fourth-order valence-corrected chi connectivity index (χ4v) is 2.40. The first-order chi connectivity index (χ1) is 11.0. The standard InChI is InChI=1S/C18H22ClN3O/c1-4-5-8-22(3)18(23)14-9-16(12-20-11-14)21-17-10-15(19)7-6-13(17)2/h6-7,9-12,21H,4-5,8H2,1-3H3. The molecule has 122 valence electrons. The van der Waals surface area contributed by atoms with Crippen LogP contribution in [0.1, 0.15) is 35.7 Å². The Morgan fingerprint density at radius 1 is 1.30 bits per heavy atom. The molecule has 0 unspecified atom stereocenters. The van der Waals surface area contributed by atoms with Gasteiger partial charge in [0, 0.05) is 30.5 Å². The van der Waals surface area contributed by atoms with Gasteiger partial charge >= 0.3 is 0 Å². The Labute approximate surface area is 142 Å². The quantitative estimate of drug-likeness (QED) is 0.837. The highest BCUT2D eigenvalue weighted by molar-refractivity contribution is 6.30. The Morgan fingerprint density at radius 2 is 2.09 bits per heavy atom. The maximum atomic E-state index is 12.4. The van der Waals surface area contributed by atoms with Gasteiger partial charge in [-0.3, -0.25) is 9.78 Å². The second kappa shape index (κ2) is 7.97. The van der Waals surface area contributed by atoms with Gasteiger partial charge in [0.1, 0.15) is 0 Å². The maximum Gasteiger partial charge on any atom is 0.255 e. The minimum absolute atomic E-state index is 0.0163. The predicted octanol–water partition coefficient (Wildman–Crippen LogP) is 4.66. The topological polar surface area (TPSA) is 45.2 Å². The number of aromatic nitrogens is 1. The summed E-state index contributed by atoms with van der Waals surface area (Å²) in [4.78, 5) is 18.3. The fourth-order valence-electron chi connectivity index (χ4n) is 2.23. The molecule has 2 rings (SSSR count). The second-order valence-corrected chi connectivity index (χ2v) is 6.06. The fraction of sp³-hybridized carbons (Fsp3) is 0.333. The van der Waals surface area contributed by atoms with Crippen molar-refractivity contribution in [3.63, 3.8) is 0 Å². The second-order valence-electron chi connectivity index (χ2n) is 5.63. The minimum Gasteiger partial charge on any atom is -0.354 e. The number of rotatable bonds is 6. The molecule has 1 heterocycles. The first-order valence-electron chi connectivity index (χ1n) is 7.75. The van der Waals surface area contributed by atoms with E-state index in [1.807, 2.05) is 38.2 Å². The van der Waals surface area contributed by atoms with Crippen molar-refractivity contribution in [2.45, 2.75) is 26.7 Å². The summed E-state index contributed by atoms with van der Waals surface area (Å²) in [6, 6.07) is 7.48. The molecule has 23 heavy (non-hydrogen) atoms. The van der Waals surface area contributed by atoms with Crippen LogP contribution >= 0.6 is 11.6 Å². The van der Waals surface area contributed by atoms with Crippen LogP contribution in [0.5, 0.6) is 0 Å². The van der Waals surface area contributed by atoms with Crippen molar-refractivity contribution < 1.29 is 4.79 Å². The van der Waals surface area contributed by atoms with Gasteiger partial charge in [0.2, 0.25) is 0 Å². The van der Waals surface area contributed by atoms with Crippen molar-refractivity contribution in [2.24, 2.45) is 0 Å². The largest absolute Gasteiger partial charge is 0.354 e. The predicted molar refractivity (Wildman–Crippen MR) is 95.6 cm³/mol. The molecule has 0 saturated carbocycles. The Kier molecular flexibility index (Phi) is 5.99. The van der Waals surface area contributed by atoms with Crippen molar-refractivity contribution in [1.82, 2.24) is 9.88 Å². The Morgan fingerprint density at radius 3 is 2.83 bits per heavy atom. The van der Waals surface area contributed by atoms with Crippen LogP contribution in [0.4, 0.5) is 11.4 Å². The highest BCUT2D eigenvalue weighted by Crippen LogP contribution is 2.24. The lowest BCUT2D eigenvalue weighted by molar-refractivity contribution is 0.0793. The molecule has 0 atom stereocenters. The summed E-state index contributed by atoms with van der Waals surface area (Å²) in [7, 11) is 1.82. The number of unbranched alkanes of at least 4 members (excludes halogenated alkanes) is 1. The number of hydrogen-bond acceptors (Lipinski definition) is 3. The van der Waals surface area contributed by atoms with Crippen molar-refractivity contribution in [3.05, 3.63) is 52.8 Å². The van der Waals surface area contributed by atoms with E-state index in [2.05, 4.69) is 17.2 Å². The highest BCUT2D eigenvalue weighted by Gasteiger charge is 2.12. The molecule has 0 saturated heterocycles. The van der Waals surface area contributed by atoms with E-state index < -0.39 is 0 Å².